The van der Waals surface area contributed by atoms with E-state index in [4.69, 9.17) is 20.5 Å². The average Bonchev–Trinajstić information content (AvgIpc) is 2.75. The van der Waals surface area contributed by atoms with Crippen molar-refractivity contribution < 1.29 is 19.6 Å². The molecule has 18 heavy (non-hydrogen) atoms. The lowest BCUT2D eigenvalue weighted by Crippen LogP contribution is -2.39. The summed E-state index contributed by atoms with van der Waals surface area (Å²) in [5.41, 5.74) is 5.31. The summed E-state index contributed by atoms with van der Waals surface area (Å²) in [5, 5.41) is 17.5. The minimum atomic E-state index is -1.16. The summed E-state index contributed by atoms with van der Waals surface area (Å²) >= 11 is 0. The van der Waals surface area contributed by atoms with Crippen LogP contribution < -0.4 is 5.73 Å². The Hall–Kier alpha value is -0.465. The van der Waals surface area contributed by atoms with Crippen molar-refractivity contribution in [3.8, 4) is 0 Å². The smallest absolute Gasteiger partial charge is 0.426 e. The molecule has 0 aliphatic carbocycles. The Bertz CT molecular complexity index is 231. The molecule has 4 N–H and O–H groups in total. The van der Waals surface area contributed by atoms with E-state index in [0.717, 1.165) is 19.4 Å². The second-order valence-corrected chi connectivity index (χ2v) is 4.48. The molecule has 0 aromatic heterocycles. The zero-order chi connectivity index (χ0) is 14.1. The molecule has 1 heterocycles. The van der Waals surface area contributed by atoms with E-state index in [0.29, 0.717) is 12.9 Å². The number of nitrogens with two attached hydrogens (primary N) is 1. The number of ether oxygens (including phenoxy) is 1. The van der Waals surface area contributed by atoms with Gasteiger partial charge in [0.2, 0.25) is 0 Å². The molecule has 0 aromatic carbocycles. The number of carbonyl (C=O) groups is 1. The van der Waals surface area contributed by atoms with Crippen LogP contribution in [0.4, 0.5) is 0 Å². The van der Waals surface area contributed by atoms with E-state index < -0.39 is 13.2 Å². The fourth-order valence-electron chi connectivity index (χ4n) is 1.80. The second kappa shape index (κ2) is 9.46. The van der Waals surface area contributed by atoms with Gasteiger partial charge in [0.05, 0.1) is 12.1 Å². The van der Waals surface area contributed by atoms with Crippen LogP contribution in [-0.4, -0.2) is 66.6 Å². The summed E-state index contributed by atoms with van der Waals surface area (Å²) in [5.74, 6) is -0.0231. The van der Waals surface area contributed by atoms with Gasteiger partial charge in [-0.05, 0) is 40.3 Å². The molecule has 0 radical (unpaired) electrons. The Labute approximate surface area is 109 Å². The minimum absolute atomic E-state index is 0.0231. The predicted molar refractivity (Wildman–Crippen MR) is 71.0 cm³/mol. The molecular weight excluding hydrogens is 235 g/mol. The fourth-order valence-corrected chi connectivity index (χ4v) is 1.80. The number of nitrogens with zero attached hydrogens (tertiary/aromatic N) is 1. The van der Waals surface area contributed by atoms with E-state index in [1.54, 1.807) is 6.92 Å². The highest BCUT2D eigenvalue weighted by Crippen LogP contribution is 2.14. The van der Waals surface area contributed by atoms with Crippen LogP contribution in [0.3, 0.4) is 0 Å². The number of aldehydes is 1. The average molecular weight is 260 g/mol. The van der Waals surface area contributed by atoms with Gasteiger partial charge in [0.15, 0.2) is 0 Å². The van der Waals surface area contributed by atoms with Crippen LogP contribution in [0.2, 0.25) is 0 Å². The number of carbonyl (C=O) groups excluding carboxylic acids is 1. The molecule has 0 saturated carbocycles. The largest absolute Gasteiger partial charge is 0.469 e. The van der Waals surface area contributed by atoms with Crippen LogP contribution in [0.5, 0.6) is 0 Å². The van der Waals surface area contributed by atoms with E-state index in [2.05, 4.69) is 0 Å². The summed E-state index contributed by atoms with van der Waals surface area (Å²) < 4.78 is 5.04. The normalized spacial score (nSPS) is 22.9. The fraction of sp³-hybridized carbons (Fsp3) is 0.909. The summed E-state index contributed by atoms with van der Waals surface area (Å²) in [6.07, 6.45) is 2.53. The first-order valence-electron chi connectivity index (χ1n) is 6.32. The molecule has 106 valence electrons. The molecule has 1 rings (SSSR count). The number of likely N-dealkylation sites (tertiary alicyclic amines) is 1. The van der Waals surface area contributed by atoms with Gasteiger partial charge in [-0.2, -0.15) is 0 Å². The zero-order valence-electron chi connectivity index (χ0n) is 11.5. The first kappa shape index (κ1) is 17.5. The molecule has 0 amide bonds. The summed E-state index contributed by atoms with van der Waals surface area (Å²) in [6.45, 7) is 5.24. The van der Waals surface area contributed by atoms with Crippen LogP contribution >= 0.6 is 0 Å². The van der Waals surface area contributed by atoms with Gasteiger partial charge < -0.3 is 30.2 Å². The third-order valence-electron chi connectivity index (χ3n) is 3.05. The Balaban J connectivity index is 0.000000321. The highest BCUT2D eigenvalue weighted by molar-refractivity contribution is 6.43. The quantitative estimate of drug-likeness (QED) is 0.435. The van der Waals surface area contributed by atoms with Crippen molar-refractivity contribution in [3.63, 3.8) is 0 Å². The molecule has 7 heteroatoms. The monoisotopic (exact) mass is 260 g/mol. The SMILES string of the molecule is CCOC(C)C(N)C=O.CN1CCCC1B(O)O. The number of rotatable bonds is 5. The van der Waals surface area contributed by atoms with Crippen molar-refractivity contribution in [1.82, 2.24) is 4.90 Å². The van der Waals surface area contributed by atoms with Crippen LogP contribution in [0.1, 0.15) is 26.7 Å². The summed E-state index contributed by atoms with van der Waals surface area (Å²) in [7, 11) is 0.759. The van der Waals surface area contributed by atoms with Gasteiger partial charge in [0.25, 0.3) is 0 Å². The first-order chi connectivity index (χ1) is 8.43. The predicted octanol–water partition coefficient (Wildman–Crippen LogP) is -0.970. The molecule has 1 fully saturated rings. The van der Waals surface area contributed by atoms with Crippen molar-refractivity contribution in [3.05, 3.63) is 0 Å². The maximum atomic E-state index is 10.0. The van der Waals surface area contributed by atoms with E-state index in [-0.39, 0.29) is 12.0 Å². The maximum absolute atomic E-state index is 10.0. The number of hydrogen-bond acceptors (Lipinski definition) is 6. The highest BCUT2D eigenvalue weighted by Gasteiger charge is 2.30. The summed E-state index contributed by atoms with van der Waals surface area (Å²) in [6, 6.07) is -0.482. The van der Waals surface area contributed by atoms with Gasteiger partial charge in [-0.1, -0.05) is 0 Å². The van der Waals surface area contributed by atoms with Crippen LogP contribution in [0.25, 0.3) is 0 Å². The van der Waals surface area contributed by atoms with Crippen LogP contribution in [-0.2, 0) is 9.53 Å². The Kier molecular flexibility index (Phi) is 9.22. The molecule has 0 aromatic rings. The maximum Gasteiger partial charge on any atom is 0.469 e. The molecular formula is C11H25BN2O4. The van der Waals surface area contributed by atoms with Crippen molar-refractivity contribution in [2.45, 2.75) is 44.8 Å². The highest BCUT2D eigenvalue weighted by atomic mass is 16.5. The molecule has 0 spiro atoms. The standard InChI is InChI=1S/C6H13NO2.C5H12BNO2/c1-3-9-5(2)6(7)4-8;1-7-4-2-3-5(7)6(8)9/h4-6H,3,7H2,1-2H3;5,8-9H,2-4H2,1H3. The lowest BCUT2D eigenvalue weighted by Gasteiger charge is -2.17. The van der Waals surface area contributed by atoms with Gasteiger partial charge in [-0.25, -0.2) is 0 Å². The van der Waals surface area contributed by atoms with Crippen molar-refractivity contribution in [2.24, 2.45) is 5.73 Å². The van der Waals surface area contributed by atoms with E-state index >= 15 is 0 Å². The Morgan fingerprint density at radius 2 is 2.22 bits per heavy atom. The van der Waals surface area contributed by atoms with Crippen molar-refractivity contribution in [1.29, 1.82) is 0 Å². The van der Waals surface area contributed by atoms with Crippen LogP contribution in [0, 0.1) is 0 Å². The number of hydrogen-bond donors (Lipinski definition) is 3. The van der Waals surface area contributed by atoms with Gasteiger partial charge in [-0.15, -0.1) is 0 Å². The van der Waals surface area contributed by atoms with E-state index in [9.17, 15) is 4.79 Å². The topological polar surface area (TPSA) is 96.0 Å². The lowest BCUT2D eigenvalue weighted by molar-refractivity contribution is -0.111. The molecule has 1 aliphatic heterocycles. The third-order valence-corrected chi connectivity index (χ3v) is 3.05. The van der Waals surface area contributed by atoms with Crippen LogP contribution in [0.15, 0.2) is 0 Å². The molecule has 1 aliphatic rings. The van der Waals surface area contributed by atoms with Gasteiger partial charge in [-0.3, -0.25) is 0 Å². The van der Waals surface area contributed by atoms with Gasteiger partial charge >= 0.3 is 7.12 Å². The van der Waals surface area contributed by atoms with Crippen molar-refractivity contribution in [2.75, 3.05) is 20.2 Å². The molecule has 3 atom stereocenters. The first-order valence-corrected chi connectivity index (χ1v) is 6.32. The zero-order valence-corrected chi connectivity index (χ0v) is 11.5. The second-order valence-electron chi connectivity index (χ2n) is 4.48. The third kappa shape index (κ3) is 6.46. The lowest BCUT2D eigenvalue weighted by atomic mass is 9.78. The van der Waals surface area contributed by atoms with E-state index in [1.165, 1.54) is 0 Å². The molecule has 3 unspecified atom stereocenters. The van der Waals surface area contributed by atoms with Gasteiger partial charge in [0.1, 0.15) is 6.29 Å². The van der Waals surface area contributed by atoms with E-state index in [1.807, 2.05) is 18.9 Å². The molecule has 0 bridgehead atoms. The Morgan fingerprint density at radius 1 is 1.61 bits per heavy atom. The molecule has 6 nitrogen and oxygen atoms in total. The van der Waals surface area contributed by atoms with Crippen molar-refractivity contribution >= 4 is 13.4 Å². The van der Waals surface area contributed by atoms with Gasteiger partial charge in [0, 0.05) is 12.5 Å². The minimum Gasteiger partial charge on any atom is -0.426 e. The molecule has 1 saturated heterocycles. The Morgan fingerprint density at radius 3 is 2.50 bits per heavy atom. The summed E-state index contributed by atoms with van der Waals surface area (Å²) in [4.78, 5) is 12.0.